The van der Waals surface area contributed by atoms with Gasteiger partial charge >= 0.3 is 0 Å². The van der Waals surface area contributed by atoms with Gasteiger partial charge in [0.25, 0.3) is 0 Å². The summed E-state index contributed by atoms with van der Waals surface area (Å²) in [5.41, 5.74) is 2.61. The van der Waals surface area contributed by atoms with Gasteiger partial charge in [0, 0.05) is 27.8 Å². The highest BCUT2D eigenvalue weighted by molar-refractivity contribution is 9.09. The lowest BCUT2D eigenvalue weighted by atomic mass is 10.2. The van der Waals surface area contributed by atoms with Crippen molar-refractivity contribution in [3.63, 3.8) is 0 Å². The zero-order valence-corrected chi connectivity index (χ0v) is 14.1. The van der Waals surface area contributed by atoms with Crippen LogP contribution in [-0.2, 0) is 0 Å². The number of nitrogens with one attached hydrogen (secondary N) is 1. The van der Waals surface area contributed by atoms with E-state index < -0.39 is 0 Å². The van der Waals surface area contributed by atoms with Crippen LogP contribution in [-0.4, -0.2) is 23.0 Å². The van der Waals surface area contributed by atoms with Crippen molar-refractivity contribution in [1.82, 2.24) is 0 Å². The molecule has 0 atom stereocenters. The van der Waals surface area contributed by atoms with Gasteiger partial charge in [-0.25, -0.2) is 0 Å². The number of hydrogen-bond donors (Lipinski definition) is 1. The average Bonchev–Trinajstić information content (AvgIpc) is 2.32. The Hall–Kier alpha value is 0.330. The zero-order chi connectivity index (χ0) is 12.5. The van der Waals surface area contributed by atoms with Crippen molar-refractivity contribution in [1.29, 1.82) is 0 Å². The third kappa shape index (κ3) is 6.16. The summed E-state index contributed by atoms with van der Waals surface area (Å²) in [5.74, 6) is 1.17. The number of thioether (sulfide) groups is 1. The molecule has 1 rings (SSSR count). The minimum Gasteiger partial charge on any atom is -0.384 e. The fraction of sp³-hybridized carbons (Fsp3) is 0.538. The van der Waals surface area contributed by atoms with E-state index >= 15 is 0 Å². The Morgan fingerprint density at radius 2 is 1.94 bits per heavy atom. The normalized spacial score (nSPS) is 10.5. The van der Waals surface area contributed by atoms with Crippen LogP contribution < -0.4 is 5.32 Å². The maximum absolute atomic E-state index is 3.51. The molecule has 0 aliphatic rings. The summed E-state index contributed by atoms with van der Waals surface area (Å²) in [7, 11) is 0. The van der Waals surface area contributed by atoms with E-state index in [2.05, 4.69) is 62.3 Å². The SMILES string of the molecule is Cc1ccc(NCCCBr)c(SCCCBr)c1. The molecule has 0 heterocycles. The number of benzene rings is 1. The number of halogens is 2. The van der Waals surface area contributed by atoms with Crippen LogP contribution in [0.1, 0.15) is 18.4 Å². The van der Waals surface area contributed by atoms with Crippen LogP contribution in [0.4, 0.5) is 5.69 Å². The van der Waals surface area contributed by atoms with E-state index in [1.165, 1.54) is 28.3 Å². The standard InChI is InChI=1S/C13H19Br2NS/c1-11-4-5-12(16-8-2-6-14)13(10-11)17-9-3-7-15/h4-5,10,16H,2-3,6-9H2,1H3. The Kier molecular flexibility index (Phi) is 8.40. The zero-order valence-electron chi connectivity index (χ0n) is 10.1. The molecule has 0 fully saturated rings. The molecule has 0 amide bonds. The van der Waals surface area contributed by atoms with Crippen molar-refractivity contribution in [3.05, 3.63) is 23.8 Å². The van der Waals surface area contributed by atoms with Crippen molar-refractivity contribution in [2.24, 2.45) is 0 Å². The molecule has 17 heavy (non-hydrogen) atoms. The second-order valence-corrected chi connectivity index (χ2v) is 6.58. The van der Waals surface area contributed by atoms with Crippen LogP contribution in [0, 0.1) is 6.92 Å². The van der Waals surface area contributed by atoms with Gasteiger partial charge in [-0.2, -0.15) is 0 Å². The lowest BCUT2D eigenvalue weighted by Crippen LogP contribution is -2.03. The van der Waals surface area contributed by atoms with Crippen LogP contribution in [0.15, 0.2) is 23.1 Å². The van der Waals surface area contributed by atoms with Gasteiger partial charge in [-0.15, -0.1) is 11.8 Å². The van der Waals surface area contributed by atoms with Crippen molar-refractivity contribution >= 4 is 49.3 Å². The van der Waals surface area contributed by atoms with Crippen molar-refractivity contribution < 1.29 is 0 Å². The predicted octanol–water partition coefficient (Wildman–Crippen LogP) is 5.07. The van der Waals surface area contributed by atoms with E-state index in [0.29, 0.717) is 0 Å². The predicted molar refractivity (Wildman–Crippen MR) is 87.2 cm³/mol. The van der Waals surface area contributed by atoms with E-state index in [0.717, 1.165) is 23.6 Å². The number of aryl methyl sites for hydroxylation is 1. The molecule has 0 saturated heterocycles. The van der Waals surface area contributed by atoms with Crippen LogP contribution >= 0.6 is 43.6 Å². The molecule has 0 radical (unpaired) electrons. The third-order valence-electron chi connectivity index (χ3n) is 2.30. The molecule has 4 heteroatoms. The lowest BCUT2D eigenvalue weighted by molar-refractivity contribution is 0.992. The molecule has 1 aromatic rings. The highest BCUT2D eigenvalue weighted by atomic mass is 79.9. The molecule has 1 nitrogen and oxygen atoms in total. The van der Waals surface area contributed by atoms with Gasteiger partial charge in [0.05, 0.1) is 0 Å². The maximum atomic E-state index is 3.51. The van der Waals surface area contributed by atoms with Gasteiger partial charge in [0.2, 0.25) is 0 Å². The molecule has 1 N–H and O–H groups in total. The topological polar surface area (TPSA) is 12.0 Å². The van der Waals surface area contributed by atoms with E-state index in [1.807, 2.05) is 11.8 Å². The molecule has 1 aromatic carbocycles. The first-order valence-electron chi connectivity index (χ1n) is 5.87. The van der Waals surface area contributed by atoms with E-state index in [1.54, 1.807) is 0 Å². The Balaban J connectivity index is 2.59. The first-order valence-corrected chi connectivity index (χ1v) is 9.10. The van der Waals surface area contributed by atoms with Crippen molar-refractivity contribution in [3.8, 4) is 0 Å². The molecular formula is C13H19Br2NS. The largest absolute Gasteiger partial charge is 0.384 e. The summed E-state index contributed by atoms with van der Waals surface area (Å²) in [6.07, 6.45) is 2.36. The average molecular weight is 381 g/mol. The molecular weight excluding hydrogens is 362 g/mol. The van der Waals surface area contributed by atoms with E-state index in [-0.39, 0.29) is 0 Å². The molecule has 0 saturated carbocycles. The molecule has 0 spiro atoms. The van der Waals surface area contributed by atoms with Crippen LogP contribution in [0.2, 0.25) is 0 Å². The second-order valence-electron chi connectivity index (χ2n) is 3.86. The molecule has 96 valence electrons. The quantitative estimate of drug-likeness (QED) is 0.384. The van der Waals surface area contributed by atoms with Gasteiger partial charge in [-0.3, -0.25) is 0 Å². The second kappa shape index (κ2) is 9.29. The summed E-state index contributed by atoms with van der Waals surface area (Å²) in [6, 6.07) is 6.64. The van der Waals surface area contributed by atoms with Gasteiger partial charge in [-0.05, 0) is 43.2 Å². The Labute approximate surface area is 125 Å². The summed E-state index contributed by atoms with van der Waals surface area (Å²) >= 11 is 8.87. The van der Waals surface area contributed by atoms with Gasteiger partial charge in [0.1, 0.15) is 0 Å². The fourth-order valence-electron chi connectivity index (χ4n) is 1.42. The number of anilines is 1. The van der Waals surface area contributed by atoms with Crippen LogP contribution in [0.3, 0.4) is 0 Å². The third-order valence-corrected chi connectivity index (χ3v) is 4.56. The molecule has 0 aromatic heterocycles. The lowest BCUT2D eigenvalue weighted by Gasteiger charge is -2.12. The number of alkyl halides is 2. The molecule has 0 aliphatic carbocycles. The van der Waals surface area contributed by atoms with Crippen molar-refractivity contribution in [2.45, 2.75) is 24.7 Å². The van der Waals surface area contributed by atoms with E-state index in [9.17, 15) is 0 Å². The smallest absolute Gasteiger partial charge is 0.0478 e. The summed E-state index contributed by atoms with van der Waals surface area (Å²) < 4.78 is 0. The highest BCUT2D eigenvalue weighted by Gasteiger charge is 2.03. The van der Waals surface area contributed by atoms with Gasteiger partial charge < -0.3 is 5.32 Å². The fourth-order valence-corrected chi connectivity index (χ4v) is 3.43. The maximum Gasteiger partial charge on any atom is 0.0478 e. The molecule has 0 unspecified atom stereocenters. The minimum absolute atomic E-state index is 1.03. The van der Waals surface area contributed by atoms with Gasteiger partial charge in [-0.1, -0.05) is 37.9 Å². The Morgan fingerprint density at radius 3 is 2.65 bits per heavy atom. The first kappa shape index (κ1) is 15.4. The number of rotatable bonds is 8. The first-order chi connectivity index (χ1) is 8.27. The van der Waals surface area contributed by atoms with Crippen molar-refractivity contribution in [2.75, 3.05) is 28.3 Å². The number of hydrogen-bond acceptors (Lipinski definition) is 2. The Bertz CT molecular complexity index is 331. The van der Waals surface area contributed by atoms with Gasteiger partial charge in [0.15, 0.2) is 0 Å². The summed E-state index contributed by atoms with van der Waals surface area (Å²) in [6.45, 7) is 3.18. The molecule has 0 bridgehead atoms. The molecule has 0 aliphatic heterocycles. The minimum atomic E-state index is 1.03. The van der Waals surface area contributed by atoms with Crippen LogP contribution in [0.5, 0.6) is 0 Å². The monoisotopic (exact) mass is 379 g/mol. The summed E-state index contributed by atoms with van der Waals surface area (Å²) in [4.78, 5) is 1.38. The Morgan fingerprint density at radius 1 is 1.18 bits per heavy atom. The highest BCUT2D eigenvalue weighted by Crippen LogP contribution is 2.29. The van der Waals surface area contributed by atoms with Crippen LogP contribution in [0.25, 0.3) is 0 Å². The summed E-state index contributed by atoms with van der Waals surface area (Å²) in [5, 5.41) is 5.64. The van der Waals surface area contributed by atoms with E-state index in [4.69, 9.17) is 0 Å².